The molecule has 0 unspecified atom stereocenters. The van der Waals surface area contributed by atoms with Crippen LogP contribution in [0, 0.1) is 29.6 Å². The highest BCUT2D eigenvalue weighted by atomic mass is 32.1. The van der Waals surface area contributed by atoms with E-state index >= 15 is 0 Å². The van der Waals surface area contributed by atoms with Gasteiger partial charge in [0.15, 0.2) is 0 Å². The van der Waals surface area contributed by atoms with Crippen LogP contribution in [-0.4, -0.2) is 22.9 Å². The van der Waals surface area contributed by atoms with Gasteiger partial charge >= 0.3 is 5.97 Å². The zero-order chi connectivity index (χ0) is 19.3. The highest BCUT2D eigenvalue weighted by Crippen LogP contribution is 2.49. The molecule has 4 rings (SSSR count). The Bertz CT molecular complexity index is 843. The third kappa shape index (κ3) is 2.98. The van der Waals surface area contributed by atoms with Gasteiger partial charge in [0.05, 0.1) is 17.4 Å². The average Bonchev–Trinajstić information content (AvgIpc) is 3.32. The maximum Gasteiger partial charge on any atom is 0.307 e. The fraction of sp³-hybridized carbons (Fsp3) is 0.550. The predicted octanol–water partition coefficient (Wildman–Crippen LogP) is 2.82. The lowest BCUT2D eigenvalue weighted by atomic mass is 9.82. The molecule has 0 radical (unpaired) electrons. The average molecular weight is 388 g/mol. The number of aliphatic carboxylic acids is 1. The molecule has 1 aromatic heterocycles. The largest absolute Gasteiger partial charge is 0.481 e. The summed E-state index contributed by atoms with van der Waals surface area (Å²) in [6.07, 6.45) is 8.38. The number of carbonyl (C=O) groups excluding carboxylic acids is 2. The zero-order valence-corrected chi connectivity index (χ0v) is 16.1. The van der Waals surface area contributed by atoms with E-state index in [4.69, 9.17) is 5.73 Å². The number of primary amides is 1. The second-order valence-electron chi connectivity index (χ2n) is 7.92. The second-order valence-corrected chi connectivity index (χ2v) is 9.02. The van der Waals surface area contributed by atoms with Gasteiger partial charge in [0.1, 0.15) is 5.00 Å². The number of hydrogen-bond donors (Lipinski definition) is 3. The molecule has 2 bridgehead atoms. The number of fused-ring (bicyclic) bond motifs is 3. The third-order valence-electron chi connectivity index (χ3n) is 6.47. The number of thiophene rings is 1. The van der Waals surface area contributed by atoms with Crippen LogP contribution in [0.3, 0.4) is 0 Å². The number of nitrogens with two attached hydrogens (primary N) is 1. The first-order valence-corrected chi connectivity index (χ1v) is 10.4. The molecule has 1 fully saturated rings. The van der Waals surface area contributed by atoms with Crippen molar-refractivity contribution in [2.24, 2.45) is 35.3 Å². The molecule has 6 nitrogen and oxygen atoms in total. The van der Waals surface area contributed by atoms with Crippen molar-refractivity contribution in [2.45, 2.75) is 39.0 Å². The standard InChI is InChI=1S/C20H24N2O4S/c1-2-9-3-6-12-13(7-9)27-19(16(12)17(21)23)22-18(24)14-10-4-5-11(8-10)15(14)20(25)26/h4-5,9-11,14-15H,2-3,6-8H2,1H3,(H2,21,23)(H,22,24)(H,25,26)/t9-,10-,11+,14+,15+/m1/s1. The monoisotopic (exact) mass is 388 g/mol. The Balaban J connectivity index is 1.62. The van der Waals surface area contributed by atoms with E-state index in [-0.39, 0.29) is 17.7 Å². The third-order valence-corrected chi connectivity index (χ3v) is 7.64. The summed E-state index contributed by atoms with van der Waals surface area (Å²) in [6.45, 7) is 2.16. The zero-order valence-electron chi connectivity index (χ0n) is 15.2. The Morgan fingerprint density at radius 3 is 2.59 bits per heavy atom. The van der Waals surface area contributed by atoms with Crippen LogP contribution in [0.5, 0.6) is 0 Å². The van der Waals surface area contributed by atoms with E-state index < -0.39 is 23.7 Å². The van der Waals surface area contributed by atoms with Gasteiger partial charge in [-0.15, -0.1) is 11.3 Å². The lowest BCUT2D eigenvalue weighted by molar-refractivity contribution is -0.146. The van der Waals surface area contributed by atoms with Crippen LogP contribution in [0.2, 0.25) is 0 Å². The highest BCUT2D eigenvalue weighted by molar-refractivity contribution is 7.17. The Kier molecular flexibility index (Phi) is 4.58. The first-order chi connectivity index (χ1) is 12.9. The number of carboxylic acid groups (broad SMARTS) is 1. The molecule has 2 amide bonds. The van der Waals surface area contributed by atoms with Crippen LogP contribution < -0.4 is 11.1 Å². The fourth-order valence-electron chi connectivity index (χ4n) is 5.06. The summed E-state index contributed by atoms with van der Waals surface area (Å²) < 4.78 is 0. The molecule has 1 saturated carbocycles. The molecule has 7 heteroatoms. The van der Waals surface area contributed by atoms with Crippen molar-refractivity contribution in [2.75, 3.05) is 5.32 Å². The maximum absolute atomic E-state index is 13.0. The van der Waals surface area contributed by atoms with E-state index in [9.17, 15) is 19.5 Å². The van der Waals surface area contributed by atoms with Crippen molar-refractivity contribution in [3.8, 4) is 0 Å². The molecule has 144 valence electrons. The van der Waals surface area contributed by atoms with Crippen LogP contribution >= 0.6 is 11.3 Å². The number of carboxylic acids is 1. The molecule has 27 heavy (non-hydrogen) atoms. The van der Waals surface area contributed by atoms with E-state index in [1.807, 2.05) is 12.2 Å². The van der Waals surface area contributed by atoms with E-state index in [1.165, 1.54) is 11.3 Å². The number of hydrogen-bond acceptors (Lipinski definition) is 4. The van der Waals surface area contributed by atoms with Gasteiger partial charge in [-0.2, -0.15) is 0 Å². The number of carbonyl (C=O) groups is 3. The summed E-state index contributed by atoms with van der Waals surface area (Å²) in [7, 11) is 0. The number of amides is 2. The van der Waals surface area contributed by atoms with Crippen LogP contribution in [0.25, 0.3) is 0 Å². The predicted molar refractivity (Wildman–Crippen MR) is 103 cm³/mol. The molecule has 4 N–H and O–H groups in total. The minimum atomic E-state index is -0.932. The van der Waals surface area contributed by atoms with Gasteiger partial charge in [-0.1, -0.05) is 25.5 Å². The molecule has 3 aliphatic carbocycles. The number of rotatable bonds is 5. The van der Waals surface area contributed by atoms with Crippen LogP contribution in [0.4, 0.5) is 5.00 Å². The molecule has 0 aliphatic heterocycles. The van der Waals surface area contributed by atoms with E-state index in [2.05, 4.69) is 12.2 Å². The number of allylic oxidation sites excluding steroid dienone is 2. The molecule has 3 aliphatic rings. The summed E-state index contributed by atoms with van der Waals surface area (Å²) in [5, 5.41) is 12.9. The van der Waals surface area contributed by atoms with Crippen LogP contribution in [0.15, 0.2) is 12.2 Å². The minimum absolute atomic E-state index is 0.0489. The van der Waals surface area contributed by atoms with Crippen molar-refractivity contribution < 1.29 is 19.5 Å². The van der Waals surface area contributed by atoms with Crippen LogP contribution in [-0.2, 0) is 22.4 Å². The summed E-state index contributed by atoms with van der Waals surface area (Å²) in [5.74, 6) is -2.61. The fourth-order valence-corrected chi connectivity index (χ4v) is 6.43. The lowest BCUT2D eigenvalue weighted by Gasteiger charge is -2.23. The Labute approximate surface area is 161 Å². The quantitative estimate of drug-likeness (QED) is 0.674. The smallest absolute Gasteiger partial charge is 0.307 e. The lowest BCUT2D eigenvalue weighted by Crippen LogP contribution is -2.36. The topological polar surface area (TPSA) is 109 Å². The van der Waals surface area contributed by atoms with E-state index in [1.54, 1.807) is 0 Å². The van der Waals surface area contributed by atoms with Crippen LogP contribution in [0.1, 0.15) is 47.0 Å². The van der Waals surface area contributed by atoms with Gasteiger partial charge < -0.3 is 16.2 Å². The number of nitrogens with one attached hydrogen (secondary N) is 1. The first-order valence-electron chi connectivity index (χ1n) is 9.57. The van der Waals surface area contributed by atoms with Gasteiger partial charge in [0.2, 0.25) is 5.91 Å². The molecule has 1 heterocycles. The summed E-state index contributed by atoms with van der Waals surface area (Å²) >= 11 is 1.43. The molecule has 0 aromatic carbocycles. The summed E-state index contributed by atoms with van der Waals surface area (Å²) in [5.41, 5.74) is 7.01. The second kappa shape index (κ2) is 6.78. The molecule has 0 spiro atoms. The molecule has 5 atom stereocenters. The minimum Gasteiger partial charge on any atom is -0.481 e. The van der Waals surface area contributed by atoms with E-state index in [0.29, 0.717) is 22.9 Å². The van der Waals surface area contributed by atoms with Gasteiger partial charge in [-0.3, -0.25) is 14.4 Å². The Morgan fingerprint density at radius 1 is 1.26 bits per heavy atom. The summed E-state index contributed by atoms with van der Waals surface area (Å²) in [6, 6.07) is 0. The van der Waals surface area contributed by atoms with Gasteiger partial charge in [0.25, 0.3) is 5.91 Å². The Morgan fingerprint density at radius 2 is 1.96 bits per heavy atom. The summed E-state index contributed by atoms with van der Waals surface area (Å²) in [4.78, 5) is 37.9. The number of anilines is 1. The highest BCUT2D eigenvalue weighted by Gasteiger charge is 2.51. The van der Waals surface area contributed by atoms with Gasteiger partial charge in [0, 0.05) is 4.88 Å². The normalized spacial score (nSPS) is 30.9. The van der Waals surface area contributed by atoms with Gasteiger partial charge in [-0.25, -0.2) is 0 Å². The first kappa shape index (κ1) is 18.2. The molecular weight excluding hydrogens is 364 g/mol. The van der Waals surface area contributed by atoms with Crippen molar-refractivity contribution in [3.63, 3.8) is 0 Å². The van der Waals surface area contributed by atoms with Crippen molar-refractivity contribution >= 4 is 34.1 Å². The van der Waals surface area contributed by atoms with Gasteiger partial charge in [-0.05, 0) is 49.0 Å². The molecule has 1 aromatic rings. The van der Waals surface area contributed by atoms with Crippen molar-refractivity contribution in [1.29, 1.82) is 0 Å². The van der Waals surface area contributed by atoms with Crippen molar-refractivity contribution in [3.05, 3.63) is 28.2 Å². The Hall–Kier alpha value is -2.15. The molecule has 0 saturated heterocycles. The van der Waals surface area contributed by atoms with E-state index in [0.717, 1.165) is 36.1 Å². The van der Waals surface area contributed by atoms with Crippen molar-refractivity contribution in [1.82, 2.24) is 0 Å². The molecular formula is C20H24N2O4S. The SMILES string of the molecule is CC[C@@H]1CCc2c(sc(NC(=O)[C@@H]3[C@@H](C(=O)O)[C@H]4C=C[C@@H]3C4)c2C(N)=O)C1. The maximum atomic E-state index is 13.0.